The highest BCUT2D eigenvalue weighted by atomic mass is 35.5. The number of pyridine rings is 1. The molecular weight excluding hydrogens is 365 g/mol. The van der Waals surface area contributed by atoms with E-state index in [9.17, 15) is 0 Å². The molecule has 0 fully saturated rings. The summed E-state index contributed by atoms with van der Waals surface area (Å²) >= 11 is 17.5. The molecule has 0 aliphatic carbocycles. The van der Waals surface area contributed by atoms with E-state index in [-0.39, 0.29) is 0 Å². The molecule has 0 saturated heterocycles. The van der Waals surface area contributed by atoms with Crippen molar-refractivity contribution in [2.75, 3.05) is 10.6 Å². The van der Waals surface area contributed by atoms with Crippen LogP contribution in [0.15, 0.2) is 48.7 Å². The van der Waals surface area contributed by atoms with Gasteiger partial charge < -0.3 is 10.6 Å². The number of aromatic nitrogens is 3. The molecular formula is C16H13Cl2N5S. The zero-order valence-electron chi connectivity index (χ0n) is 12.6. The van der Waals surface area contributed by atoms with E-state index in [4.69, 9.17) is 35.4 Å². The second kappa shape index (κ2) is 7.17. The van der Waals surface area contributed by atoms with E-state index in [2.05, 4.69) is 20.7 Å². The first-order valence-electron chi connectivity index (χ1n) is 7.04. The smallest absolute Gasteiger partial charge is 0.176 e. The van der Waals surface area contributed by atoms with Gasteiger partial charge in [-0.2, -0.15) is 9.78 Å². The lowest BCUT2D eigenvalue weighted by atomic mass is 10.3. The van der Waals surface area contributed by atoms with Crippen molar-refractivity contribution in [3.05, 3.63) is 64.4 Å². The Labute approximate surface area is 154 Å². The van der Waals surface area contributed by atoms with Crippen LogP contribution in [0.25, 0.3) is 5.82 Å². The van der Waals surface area contributed by atoms with Crippen LogP contribution in [0.2, 0.25) is 10.0 Å². The third kappa shape index (κ3) is 3.84. The lowest BCUT2D eigenvalue weighted by molar-refractivity contribution is 0.841. The number of halogens is 2. The second-order valence-electron chi connectivity index (χ2n) is 4.99. The molecule has 0 radical (unpaired) electrons. The number of hydrogen-bond acceptors (Lipinski definition) is 3. The third-order valence-electron chi connectivity index (χ3n) is 3.09. The lowest BCUT2D eigenvalue weighted by Crippen LogP contribution is -2.21. The Balaban J connectivity index is 1.85. The quantitative estimate of drug-likeness (QED) is 0.648. The van der Waals surface area contributed by atoms with Gasteiger partial charge in [-0.05, 0) is 37.3 Å². The van der Waals surface area contributed by atoms with Crippen LogP contribution in [0.1, 0.15) is 5.69 Å². The number of para-hydroxylation sites is 1. The van der Waals surface area contributed by atoms with Crippen molar-refractivity contribution >= 4 is 52.0 Å². The van der Waals surface area contributed by atoms with Gasteiger partial charge in [-0.15, -0.1) is 0 Å². The van der Waals surface area contributed by atoms with Gasteiger partial charge in [0.25, 0.3) is 0 Å². The number of nitrogens with zero attached hydrogens (tertiary/aromatic N) is 3. The molecule has 0 aliphatic heterocycles. The van der Waals surface area contributed by atoms with Crippen LogP contribution in [-0.4, -0.2) is 19.9 Å². The maximum absolute atomic E-state index is 6.23. The van der Waals surface area contributed by atoms with Crippen molar-refractivity contribution in [3.63, 3.8) is 0 Å². The summed E-state index contributed by atoms with van der Waals surface area (Å²) in [5.41, 5.74) is 1.69. The topological polar surface area (TPSA) is 54.8 Å². The number of aryl methyl sites for hydroxylation is 1. The highest BCUT2D eigenvalue weighted by molar-refractivity contribution is 7.80. The monoisotopic (exact) mass is 377 g/mol. The molecule has 0 amide bonds. The normalized spacial score (nSPS) is 10.5. The van der Waals surface area contributed by atoms with Crippen molar-refractivity contribution in [1.29, 1.82) is 0 Å². The molecule has 0 aliphatic rings. The van der Waals surface area contributed by atoms with Crippen molar-refractivity contribution in [1.82, 2.24) is 14.8 Å². The van der Waals surface area contributed by atoms with Crippen LogP contribution in [0.3, 0.4) is 0 Å². The summed E-state index contributed by atoms with van der Waals surface area (Å²) in [6.45, 7) is 1.87. The Hall–Kier alpha value is -2.15. The highest BCUT2D eigenvalue weighted by Crippen LogP contribution is 2.25. The Morgan fingerprint density at radius 2 is 1.88 bits per heavy atom. The first-order valence-corrected chi connectivity index (χ1v) is 8.20. The van der Waals surface area contributed by atoms with Gasteiger partial charge >= 0.3 is 0 Å². The molecule has 24 heavy (non-hydrogen) atoms. The number of hydrogen-bond donors (Lipinski definition) is 2. The minimum absolute atomic E-state index is 0.399. The van der Waals surface area contributed by atoms with Gasteiger partial charge in [-0.3, -0.25) is 0 Å². The van der Waals surface area contributed by atoms with Gasteiger partial charge in [0.1, 0.15) is 5.82 Å². The first-order chi connectivity index (χ1) is 11.5. The first kappa shape index (κ1) is 16.7. The fourth-order valence-electron chi connectivity index (χ4n) is 2.11. The Bertz CT molecular complexity index is 879. The average Bonchev–Trinajstić information content (AvgIpc) is 2.88. The standard InChI is InChI=1S/C16H13Cl2N5S/c1-10-7-14(21-16(24)20-12-5-3-2-4-6-12)23(22-10)15-13(18)8-11(17)9-19-15/h2-9H,1H3,(H2,20,21,24). The summed E-state index contributed by atoms with van der Waals surface area (Å²) in [4.78, 5) is 4.25. The molecule has 5 nitrogen and oxygen atoms in total. The summed E-state index contributed by atoms with van der Waals surface area (Å²) in [7, 11) is 0. The second-order valence-corrected chi connectivity index (χ2v) is 6.24. The molecule has 3 aromatic rings. The van der Waals surface area contributed by atoms with Crippen LogP contribution in [0, 0.1) is 6.92 Å². The molecule has 8 heteroatoms. The van der Waals surface area contributed by atoms with Gasteiger partial charge in [0.15, 0.2) is 10.9 Å². The number of rotatable bonds is 3. The van der Waals surface area contributed by atoms with Gasteiger partial charge in [-0.25, -0.2) is 4.98 Å². The molecule has 2 N–H and O–H groups in total. The van der Waals surface area contributed by atoms with E-state index >= 15 is 0 Å². The van der Waals surface area contributed by atoms with Gasteiger partial charge in [0.2, 0.25) is 0 Å². The van der Waals surface area contributed by atoms with Gasteiger partial charge in [-0.1, -0.05) is 41.4 Å². The van der Waals surface area contributed by atoms with E-state index in [1.807, 2.05) is 43.3 Å². The predicted molar refractivity (Wildman–Crippen MR) is 102 cm³/mol. The van der Waals surface area contributed by atoms with Crippen molar-refractivity contribution in [2.24, 2.45) is 0 Å². The largest absolute Gasteiger partial charge is 0.332 e. The Morgan fingerprint density at radius 1 is 1.12 bits per heavy atom. The van der Waals surface area contributed by atoms with E-state index in [1.165, 1.54) is 6.20 Å². The fourth-order valence-corrected chi connectivity index (χ4v) is 2.80. The van der Waals surface area contributed by atoms with E-state index in [0.29, 0.717) is 26.8 Å². The molecule has 122 valence electrons. The molecule has 2 heterocycles. The number of anilines is 2. The summed E-state index contributed by atoms with van der Waals surface area (Å²) in [6, 6.07) is 13.1. The van der Waals surface area contributed by atoms with Crippen LogP contribution in [-0.2, 0) is 0 Å². The van der Waals surface area contributed by atoms with Gasteiger partial charge in [0, 0.05) is 18.0 Å². The highest BCUT2D eigenvalue weighted by Gasteiger charge is 2.13. The summed E-state index contributed by atoms with van der Waals surface area (Å²) < 4.78 is 1.59. The summed E-state index contributed by atoms with van der Waals surface area (Å²) in [5.74, 6) is 1.12. The zero-order valence-corrected chi connectivity index (χ0v) is 15.0. The molecule has 1 aromatic carbocycles. The molecule has 0 spiro atoms. The van der Waals surface area contributed by atoms with Crippen molar-refractivity contribution in [2.45, 2.75) is 6.92 Å². The Kier molecular flexibility index (Phi) is 4.99. The van der Waals surface area contributed by atoms with Crippen LogP contribution in [0.4, 0.5) is 11.5 Å². The van der Waals surface area contributed by atoms with Crippen LogP contribution in [0.5, 0.6) is 0 Å². The summed E-state index contributed by atoms with van der Waals surface area (Å²) in [6.07, 6.45) is 1.52. The van der Waals surface area contributed by atoms with Crippen LogP contribution >= 0.6 is 35.4 Å². The van der Waals surface area contributed by atoms with Gasteiger partial charge in [0.05, 0.1) is 15.7 Å². The van der Waals surface area contributed by atoms with E-state index in [0.717, 1.165) is 11.4 Å². The fraction of sp³-hybridized carbons (Fsp3) is 0.0625. The molecule has 2 aromatic heterocycles. The number of nitrogens with one attached hydrogen (secondary N) is 2. The zero-order chi connectivity index (χ0) is 17.1. The van der Waals surface area contributed by atoms with E-state index in [1.54, 1.807) is 10.7 Å². The van der Waals surface area contributed by atoms with Crippen molar-refractivity contribution < 1.29 is 0 Å². The predicted octanol–water partition coefficient (Wildman–Crippen LogP) is 4.69. The number of thiocarbonyl (C=S) groups is 1. The average molecular weight is 378 g/mol. The minimum atomic E-state index is 0.399. The maximum atomic E-state index is 6.23. The minimum Gasteiger partial charge on any atom is -0.332 e. The summed E-state index contributed by atoms with van der Waals surface area (Å²) in [5, 5.41) is 11.9. The molecule has 0 unspecified atom stereocenters. The molecule has 3 rings (SSSR count). The molecule has 0 atom stereocenters. The van der Waals surface area contributed by atoms with E-state index < -0.39 is 0 Å². The van der Waals surface area contributed by atoms with Crippen LogP contribution < -0.4 is 10.6 Å². The lowest BCUT2D eigenvalue weighted by Gasteiger charge is -2.12. The third-order valence-corrected chi connectivity index (χ3v) is 3.78. The maximum Gasteiger partial charge on any atom is 0.176 e. The SMILES string of the molecule is Cc1cc(NC(=S)Nc2ccccc2)n(-c2ncc(Cl)cc2Cl)n1. The number of benzene rings is 1. The molecule has 0 bridgehead atoms. The molecule has 0 saturated carbocycles. The van der Waals surface area contributed by atoms with Crippen molar-refractivity contribution in [3.8, 4) is 5.82 Å². The Morgan fingerprint density at radius 3 is 2.58 bits per heavy atom.